The Hall–Kier alpha value is -2.46. The number of thiophene rings is 1. The third kappa shape index (κ3) is 3.81. The van der Waals surface area contributed by atoms with Crippen molar-refractivity contribution in [3.63, 3.8) is 0 Å². The first-order valence-corrected chi connectivity index (χ1v) is 8.99. The summed E-state index contributed by atoms with van der Waals surface area (Å²) in [4.78, 5) is 28.1. The lowest BCUT2D eigenvalue weighted by Gasteiger charge is -2.22. The molecule has 27 heavy (non-hydrogen) atoms. The number of aliphatic carboxylic acids is 1. The van der Waals surface area contributed by atoms with E-state index in [1.165, 1.54) is 0 Å². The van der Waals surface area contributed by atoms with E-state index in [1.807, 2.05) is 40.1 Å². The van der Waals surface area contributed by atoms with Gasteiger partial charge in [-0.2, -0.15) is 24.5 Å². The number of hydrogen-bond donors (Lipinski definition) is 2. The third-order valence-electron chi connectivity index (χ3n) is 4.54. The number of aromatic nitrogens is 1. The topological polar surface area (TPSA) is 82.5 Å². The van der Waals surface area contributed by atoms with Crippen LogP contribution in [0.3, 0.4) is 0 Å². The van der Waals surface area contributed by atoms with Gasteiger partial charge in [0.15, 0.2) is 0 Å². The van der Waals surface area contributed by atoms with Gasteiger partial charge in [-0.15, -0.1) is 0 Å². The van der Waals surface area contributed by atoms with Crippen molar-refractivity contribution in [1.82, 2.24) is 10.3 Å². The number of fused-ring (bicyclic) bond motifs is 2. The number of nitrogens with one attached hydrogen (secondary N) is 1. The Bertz CT molecular complexity index is 833. The Kier molecular flexibility index (Phi) is 5.20. The number of pyridine rings is 1. The normalized spacial score (nSPS) is 20.9. The van der Waals surface area contributed by atoms with Gasteiger partial charge in [-0.05, 0) is 36.5 Å². The average molecular weight is 399 g/mol. The van der Waals surface area contributed by atoms with Gasteiger partial charge >= 0.3 is 12.1 Å². The molecule has 4 heterocycles. The smallest absolute Gasteiger partial charge is 0.475 e. The van der Waals surface area contributed by atoms with Gasteiger partial charge in [0.1, 0.15) is 0 Å². The van der Waals surface area contributed by atoms with E-state index in [0.29, 0.717) is 0 Å². The number of rotatable bonds is 1. The van der Waals surface area contributed by atoms with Crippen LogP contribution in [-0.4, -0.2) is 47.8 Å². The Labute approximate surface area is 156 Å². The lowest BCUT2D eigenvalue weighted by molar-refractivity contribution is -0.192. The summed E-state index contributed by atoms with van der Waals surface area (Å²) in [6, 6.07) is 5.81. The average Bonchev–Trinajstić information content (AvgIpc) is 3.36. The van der Waals surface area contributed by atoms with Gasteiger partial charge in [0.05, 0.1) is 16.9 Å². The van der Waals surface area contributed by atoms with Crippen molar-refractivity contribution in [2.75, 3.05) is 24.5 Å². The molecule has 2 aromatic rings. The van der Waals surface area contributed by atoms with E-state index in [9.17, 15) is 18.0 Å². The van der Waals surface area contributed by atoms with Gasteiger partial charge in [-0.1, -0.05) is 0 Å². The number of halogens is 3. The summed E-state index contributed by atoms with van der Waals surface area (Å²) in [7, 11) is 0. The fourth-order valence-corrected chi connectivity index (χ4v) is 3.92. The van der Waals surface area contributed by atoms with Crippen molar-refractivity contribution in [1.29, 1.82) is 0 Å². The Morgan fingerprint density at radius 1 is 1.33 bits per heavy atom. The van der Waals surface area contributed by atoms with E-state index >= 15 is 0 Å². The number of carboxylic acid groups (broad SMARTS) is 1. The summed E-state index contributed by atoms with van der Waals surface area (Å²) in [6.45, 7) is 2.64. The number of hydrogen-bond acceptors (Lipinski definition) is 5. The molecule has 6 nitrogen and oxygen atoms in total. The van der Waals surface area contributed by atoms with Crippen LogP contribution in [0.1, 0.15) is 22.5 Å². The van der Waals surface area contributed by atoms with E-state index < -0.39 is 12.1 Å². The number of alkyl halides is 3. The second-order valence-electron chi connectivity index (χ2n) is 6.28. The molecule has 2 aliphatic rings. The number of carbonyl (C=O) groups is 2. The molecular formula is C17H16F3N3O3S. The second-order valence-corrected chi connectivity index (χ2v) is 7.06. The van der Waals surface area contributed by atoms with E-state index in [1.54, 1.807) is 11.3 Å². The first-order chi connectivity index (χ1) is 12.7. The molecule has 0 bridgehead atoms. The second kappa shape index (κ2) is 7.28. The zero-order valence-electron chi connectivity index (χ0n) is 14.0. The molecule has 10 heteroatoms. The van der Waals surface area contributed by atoms with Crippen molar-refractivity contribution in [2.45, 2.75) is 18.0 Å². The van der Waals surface area contributed by atoms with Crippen LogP contribution < -0.4 is 10.2 Å². The maximum Gasteiger partial charge on any atom is 0.490 e. The molecular weight excluding hydrogens is 383 g/mol. The van der Waals surface area contributed by atoms with Crippen molar-refractivity contribution < 1.29 is 27.9 Å². The Morgan fingerprint density at radius 3 is 2.63 bits per heavy atom. The molecule has 1 unspecified atom stereocenters. The fraction of sp³-hybridized carbons (Fsp3) is 0.353. The summed E-state index contributed by atoms with van der Waals surface area (Å²) in [5.74, 6) is -2.67. The molecule has 1 saturated heterocycles. The first kappa shape index (κ1) is 19.3. The lowest BCUT2D eigenvalue weighted by atomic mass is 9.85. The number of anilines is 1. The Balaban J connectivity index is 0.000000260. The predicted molar refractivity (Wildman–Crippen MR) is 93.1 cm³/mol. The maximum absolute atomic E-state index is 12.7. The van der Waals surface area contributed by atoms with Gasteiger partial charge in [-0.3, -0.25) is 9.78 Å². The van der Waals surface area contributed by atoms with Gasteiger partial charge in [-0.25, -0.2) is 4.79 Å². The van der Waals surface area contributed by atoms with Crippen LogP contribution in [-0.2, 0) is 10.2 Å². The molecule has 1 spiro atoms. The van der Waals surface area contributed by atoms with Gasteiger partial charge in [0.2, 0.25) is 0 Å². The highest BCUT2D eigenvalue weighted by Gasteiger charge is 2.47. The predicted octanol–water partition coefficient (Wildman–Crippen LogP) is 2.67. The number of carboxylic acids is 1. The SMILES string of the molecule is O=C(O)C(F)(F)F.O=C(c1ccsc1)N1CC2(CCNC2)c2ncccc21. The number of amides is 1. The summed E-state index contributed by atoms with van der Waals surface area (Å²) in [6.07, 6.45) is -2.21. The zero-order valence-corrected chi connectivity index (χ0v) is 14.8. The molecule has 0 aliphatic carbocycles. The Morgan fingerprint density at radius 2 is 2.07 bits per heavy atom. The quantitative estimate of drug-likeness (QED) is 0.771. The van der Waals surface area contributed by atoms with Crippen LogP contribution in [0.25, 0.3) is 0 Å². The highest BCUT2D eigenvalue weighted by atomic mass is 32.1. The monoisotopic (exact) mass is 399 g/mol. The molecule has 2 aromatic heterocycles. The molecule has 1 atom stereocenters. The first-order valence-electron chi connectivity index (χ1n) is 8.05. The standard InChI is InChI=1S/C15H15N3OS.C2HF3O2/c19-14(11-3-7-20-8-11)18-10-15(4-6-16-9-15)13-12(18)2-1-5-17-13;3-2(4,5)1(6)7/h1-3,5,7-8,16H,4,6,9-10H2;(H,6,7). The molecule has 0 radical (unpaired) electrons. The highest BCUT2D eigenvalue weighted by molar-refractivity contribution is 7.08. The largest absolute Gasteiger partial charge is 0.490 e. The molecule has 1 fully saturated rings. The summed E-state index contributed by atoms with van der Waals surface area (Å²) >= 11 is 1.56. The molecule has 2 N–H and O–H groups in total. The third-order valence-corrected chi connectivity index (χ3v) is 5.22. The van der Waals surface area contributed by atoms with E-state index in [2.05, 4.69) is 10.3 Å². The van der Waals surface area contributed by atoms with Gasteiger partial charge < -0.3 is 15.3 Å². The summed E-state index contributed by atoms with van der Waals surface area (Å²) in [5.41, 5.74) is 2.83. The molecule has 2 aliphatic heterocycles. The molecule has 0 aromatic carbocycles. The van der Waals surface area contributed by atoms with Crippen LogP contribution in [0.2, 0.25) is 0 Å². The van der Waals surface area contributed by atoms with Crippen LogP contribution in [0, 0.1) is 0 Å². The minimum atomic E-state index is -5.08. The van der Waals surface area contributed by atoms with Crippen molar-refractivity contribution in [3.05, 3.63) is 46.4 Å². The zero-order chi connectivity index (χ0) is 19.7. The van der Waals surface area contributed by atoms with Crippen LogP contribution >= 0.6 is 11.3 Å². The van der Waals surface area contributed by atoms with E-state index in [-0.39, 0.29) is 11.3 Å². The lowest BCUT2D eigenvalue weighted by Crippen LogP contribution is -2.38. The fourth-order valence-electron chi connectivity index (χ4n) is 3.29. The van der Waals surface area contributed by atoms with Crippen LogP contribution in [0.5, 0.6) is 0 Å². The van der Waals surface area contributed by atoms with Crippen LogP contribution in [0.4, 0.5) is 18.9 Å². The maximum atomic E-state index is 12.7. The molecule has 1 amide bonds. The number of nitrogens with zero attached hydrogens (tertiary/aromatic N) is 2. The summed E-state index contributed by atoms with van der Waals surface area (Å²) in [5, 5.41) is 14.4. The molecule has 4 rings (SSSR count). The minimum Gasteiger partial charge on any atom is -0.475 e. The van der Waals surface area contributed by atoms with Crippen molar-refractivity contribution >= 4 is 28.9 Å². The number of carbonyl (C=O) groups excluding carboxylic acids is 1. The minimum absolute atomic E-state index is 0.00226. The van der Waals surface area contributed by atoms with Crippen molar-refractivity contribution in [3.8, 4) is 0 Å². The van der Waals surface area contributed by atoms with E-state index in [0.717, 1.165) is 43.0 Å². The summed E-state index contributed by atoms with van der Waals surface area (Å²) < 4.78 is 31.7. The molecule has 0 saturated carbocycles. The van der Waals surface area contributed by atoms with Crippen molar-refractivity contribution in [2.24, 2.45) is 0 Å². The molecule has 144 valence electrons. The van der Waals surface area contributed by atoms with Crippen LogP contribution in [0.15, 0.2) is 35.2 Å². The highest BCUT2D eigenvalue weighted by Crippen LogP contribution is 2.43. The van der Waals surface area contributed by atoms with Gasteiger partial charge in [0.25, 0.3) is 5.91 Å². The van der Waals surface area contributed by atoms with E-state index in [4.69, 9.17) is 9.90 Å². The van der Waals surface area contributed by atoms with Gasteiger partial charge in [0, 0.05) is 30.1 Å².